The fourth-order valence-corrected chi connectivity index (χ4v) is 3.61. The van der Waals surface area contributed by atoms with Gasteiger partial charge in [0.25, 0.3) is 0 Å². The molecule has 0 saturated heterocycles. The number of rotatable bonds is 0. The van der Waals surface area contributed by atoms with Crippen LogP contribution >= 0.6 is 0 Å². The number of fused-ring (bicyclic) bond motifs is 3. The number of hydrogen-bond donors (Lipinski definition) is 1. The van der Waals surface area contributed by atoms with Gasteiger partial charge in [0.1, 0.15) is 0 Å². The van der Waals surface area contributed by atoms with Gasteiger partial charge in [0.15, 0.2) is 0 Å². The monoisotopic (exact) mass is 215 g/mol. The van der Waals surface area contributed by atoms with Gasteiger partial charge in [0, 0.05) is 12.2 Å². The lowest BCUT2D eigenvalue weighted by Crippen LogP contribution is -2.31. The minimum atomic E-state index is 0.838. The van der Waals surface area contributed by atoms with Crippen molar-refractivity contribution < 1.29 is 0 Å². The van der Waals surface area contributed by atoms with Crippen molar-refractivity contribution in [1.82, 2.24) is 0 Å². The second kappa shape index (κ2) is 3.80. The second-order valence-electron chi connectivity index (χ2n) is 5.52. The first-order valence-corrected chi connectivity index (χ1v) is 6.61. The van der Waals surface area contributed by atoms with Crippen LogP contribution in [0.3, 0.4) is 0 Å². The largest absolute Gasteiger partial charge is 0.384 e. The summed E-state index contributed by atoms with van der Waals surface area (Å²) in [6.07, 6.45) is 5.69. The first-order chi connectivity index (χ1) is 7.77. The third-order valence-electron chi connectivity index (χ3n) is 4.49. The van der Waals surface area contributed by atoms with Gasteiger partial charge in [-0.15, -0.1) is 0 Å². The Balaban J connectivity index is 2.10. The van der Waals surface area contributed by atoms with E-state index in [4.69, 9.17) is 0 Å². The molecule has 1 aliphatic heterocycles. The molecule has 0 aromatic heterocycles. The van der Waals surface area contributed by atoms with E-state index in [1.54, 1.807) is 5.56 Å². The van der Waals surface area contributed by atoms with Crippen molar-refractivity contribution in [2.24, 2.45) is 5.92 Å². The molecular weight excluding hydrogens is 194 g/mol. The summed E-state index contributed by atoms with van der Waals surface area (Å²) >= 11 is 0. The summed E-state index contributed by atoms with van der Waals surface area (Å²) in [5.74, 6) is 1.73. The molecule has 3 rings (SSSR count). The van der Waals surface area contributed by atoms with Crippen LogP contribution in [0, 0.1) is 19.8 Å². The Morgan fingerprint density at radius 1 is 1.06 bits per heavy atom. The zero-order chi connectivity index (χ0) is 11.1. The summed E-state index contributed by atoms with van der Waals surface area (Å²) in [5.41, 5.74) is 5.99. The average molecular weight is 215 g/mol. The van der Waals surface area contributed by atoms with Gasteiger partial charge in [-0.05, 0) is 55.2 Å². The van der Waals surface area contributed by atoms with Gasteiger partial charge < -0.3 is 5.32 Å². The van der Waals surface area contributed by atoms with E-state index >= 15 is 0 Å². The Hall–Kier alpha value is -0.980. The van der Waals surface area contributed by atoms with Gasteiger partial charge in [-0.3, -0.25) is 0 Å². The van der Waals surface area contributed by atoms with Crippen molar-refractivity contribution in [2.45, 2.75) is 45.4 Å². The molecule has 1 fully saturated rings. The van der Waals surface area contributed by atoms with E-state index in [0.717, 1.165) is 11.8 Å². The molecule has 16 heavy (non-hydrogen) atoms. The summed E-state index contributed by atoms with van der Waals surface area (Å²) in [6, 6.07) is 4.55. The Bertz CT molecular complexity index is 408. The Kier molecular flexibility index (Phi) is 2.42. The van der Waals surface area contributed by atoms with E-state index in [0.29, 0.717) is 0 Å². The Labute approximate surface area is 98.3 Å². The van der Waals surface area contributed by atoms with Gasteiger partial charge in [0.2, 0.25) is 0 Å². The lowest BCUT2D eigenvalue weighted by molar-refractivity contribution is 0.312. The predicted octanol–water partition coefficient (Wildman–Crippen LogP) is 4.00. The fourth-order valence-electron chi connectivity index (χ4n) is 3.61. The lowest BCUT2D eigenvalue weighted by atomic mass is 9.71. The van der Waals surface area contributed by atoms with E-state index < -0.39 is 0 Å². The van der Waals surface area contributed by atoms with Crippen LogP contribution in [0.5, 0.6) is 0 Å². The highest BCUT2D eigenvalue weighted by atomic mass is 14.9. The van der Waals surface area contributed by atoms with Gasteiger partial charge in [0.05, 0.1) is 0 Å². The predicted molar refractivity (Wildman–Crippen MR) is 69.1 cm³/mol. The van der Waals surface area contributed by atoms with E-state index in [1.807, 2.05) is 0 Å². The highest BCUT2D eigenvalue weighted by molar-refractivity contribution is 5.63. The molecule has 1 heterocycles. The van der Waals surface area contributed by atoms with Crippen LogP contribution in [0.2, 0.25) is 0 Å². The maximum atomic E-state index is 3.67. The Morgan fingerprint density at radius 2 is 1.81 bits per heavy atom. The highest BCUT2D eigenvalue weighted by Gasteiger charge is 2.32. The van der Waals surface area contributed by atoms with Crippen molar-refractivity contribution in [1.29, 1.82) is 0 Å². The van der Waals surface area contributed by atoms with E-state index in [9.17, 15) is 0 Å². The molecular formula is C15H21N. The molecule has 1 nitrogen and oxygen atoms in total. The standard InChI is InChI=1S/C15H21N/c1-10-7-8-11(2)15-14(10)13-6-4-3-5-12(13)9-16-15/h7-8,12-13,16H,3-6,9H2,1-2H3. The molecule has 0 bridgehead atoms. The fraction of sp³-hybridized carbons (Fsp3) is 0.600. The molecule has 1 heteroatoms. The molecule has 0 radical (unpaired) electrons. The highest BCUT2D eigenvalue weighted by Crippen LogP contribution is 2.46. The number of anilines is 1. The first kappa shape index (κ1) is 10.2. The van der Waals surface area contributed by atoms with Crippen LogP contribution < -0.4 is 5.32 Å². The molecule has 1 aliphatic carbocycles. The molecule has 2 unspecified atom stereocenters. The summed E-state index contributed by atoms with van der Waals surface area (Å²) in [7, 11) is 0. The molecule has 0 amide bonds. The summed E-state index contributed by atoms with van der Waals surface area (Å²) in [5, 5.41) is 3.67. The van der Waals surface area contributed by atoms with Crippen molar-refractivity contribution in [3.8, 4) is 0 Å². The normalized spacial score (nSPS) is 27.9. The summed E-state index contributed by atoms with van der Waals surface area (Å²) in [4.78, 5) is 0. The van der Waals surface area contributed by atoms with Crippen LogP contribution in [-0.4, -0.2) is 6.54 Å². The average Bonchev–Trinajstić information content (AvgIpc) is 2.33. The minimum Gasteiger partial charge on any atom is -0.384 e. The van der Waals surface area contributed by atoms with Crippen LogP contribution in [0.4, 0.5) is 5.69 Å². The van der Waals surface area contributed by atoms with E-state index in [2.05, 4.69) is 31.3 Å². The molecule has 1 aromatic carbocycles. The summed E-state index contributed by atoms with van der Waals surface area (Å²) < 4.78 is 0. The van der Waals surface area contributed by atoms with Crippen LogP contribution in [0.15, 0.2) is 12.1 Å². The molecule has 1 saturated carbocycles. The summed E-state index contributed by atoms with van der Waals surface area (Å²) in [6.45, 7) is 5.70. The molecule has 1 N–H and O–H groups in total. The van der Waals surface area contributed by atoms with Crippen LogP contribution in [-0.2, 0) is 0 Å². The lowest BCUT2D eigenvalue weighted by Gasteiger charge is -2.39. The van der Waals surface area contributed by atoms with Gasteiger partial charge >= 0.3 is 0 Å². The maximum Gasteiger partial charge on any atom is 0.0408 e. The third-order valence-corrected chi connectivity index (χ3v) is 4.49. The molecule has 2 aliphatic rings. The Morgan fingerprint density at radius 3 is 2.69 bits per heavy atom. The van der Waals surface area contributed by atoms with E-state index in [-0.39, 0.29) is 0 Å². The van der Waals surface area contributed by atoms with Gasteiger partial charge in [-0.25, -0.2) is 0 Å². The number of benzene rings is 1. The van der Waals surface area contributed by atoms with Crippen LogP contribution in [0.1, 0.15) is 48.3 Å². The molecule has 1 aromatic rings. The van der Waals surface area contributed by atoms with Crippen LogP contribution in [0.25, 0.3) is 0 Å². The first-order valence-electron chi connectivity index (χ1n) is 6.61. The number of hydrogen-bond acceptors (Lipinski definition) is 1. The minimum absolute atomic E-state index is 0.838. The van der Waals surface area contributed by atoms with Crippen molar-refractivity contribution in [2.75, 3.05) is 11.9 Å². The second-order valence-corrected chi connectivity index (χ2v) is 5.52. The molecule has 2 atom stereocenters. The molecule has 86 valence electrons. The van der Waals surface area contributed by atoms with Gasteiger partial charge in [-0.1, -0.05) is 25.0 Å². The van der Waals surface area contributed by atoms with Crippen molar-refractivity contribution in [3.63, 3.8) is 0 Å². The topological polar surface area (TPSA) is 12.0 Å². The maximum absolute atomic E-state index is 3.67. The molecule has 0 spiro atoms. The zero-order valence-corrected chi connectivity index (χ0v) is 10.3. The van der Waals surface area contributed by atoms with Crippen molar-refractivity contribution in [3.05, 3.63) is 28.8 Å². The van der Waals surface area contributed by atoms with Crippen molar-refractivity contribution >= 4 is 5.69 Å². The quantitative estimate of drug-likeness (QED) is 0.689. The van der Waals surface area contributed by atoms with Gasteiger partial charge in [-0.2, -0.15) is 0 Å². The SMILES string of the molecule is Cc1ccc(C)c2c1NCC1CCCCC21. The smallest absolute Gasteiger partial charge is 0.0408 e. The third kappa shape index (κ3) is 1.45. The zero-order valence-electron chi connectivity index (χ0n) is 10.3. The number of nitrogens with one attached hydrogen (secondary N) is 1. The van der Waals surface area contributed by atoms with E-state index in [1.165, 1.54) is 49.0 Å². The number of aryl methyl sites for hydroxylation is 2.